The van der Waals surface area contributed by atoms with Crippen molar-refractivity contribution in [2.24, 2.45) is 0 Å². The Bertz CT molecular complexity index is 3210. The number of hydrogen-bond acceptors (Lipinski definition) is 17. The molecular weight excluding hydrogens is 989 g/mol. The van der Waals surface area contributed by atoms with E-state index in [4.69, 9.17) is 28.4 Å². The molecule has 2 fully saturated rings. The number of aromatic hydroxyl groups is 1. The predicted molar refractivity (Wildman–Crippen MR) is 286 cm³/mol. The van der Waals surface area contributed by atoms with Gasteiger partial charge in [0, 0.05) is 53.1 Å². The minimum atomic E-state index is -1.67. The molecule has 2 aliphatic rings. The van der Waals surface area contributed by atoms with Crippen LogP contribution in [0.4, 0.5) is 0 Å². The van der Waals surface area contributed by atoms with E-state index in [1.807, 2.05) is 134 Å². The van der Waals surface area contributed by atoms with Gasteiger partial charge in [-0.25, -0.2) is 0 Å². The van der Waals surface area contributed by atoms with Crippen molar-refractivity contribution in [1.82, 2.24) is 9.97 Å². The minimum absolute atomic E-state index is 0.138. The van der Waals surface area contributed by atoms with Gasteiger partial charge >= 0.3 is 0 Å². The van der Waals surface area contributed by atoms with Crippen molar-refractivity contribution in [3.8, 4) is 61.8 Å². The number of ether oxygens (including phenoxy) is 6. The maximum atomic E-state index is 13.8. The van der Waals surface area contributed by atoms with E-state index in [-0.39, 0.29) is 54.8 Å². The third-order valence-corrected chi connectivity index (χ3v) is 14.4. The number of benzene rings is 7. The van der Waals surface area contributed by atoms with Crippen molar-refractivity contribution < 1.29 is 74.4 Å². The van der Waals surface area contributed by atoms with E-state index in [9.17, 15) is 46.0 Å². The molecule has 17 heteroatoms. The van der Waals surface area contributed by atoms with Crippen LogP contribution in [0.2, 0.25) is 0 Å². The molecule has 4 heterocycles. The summed E-state index contributed by atoms with van der Waals surface area (Å²) in [6, 6.07) is 40.9. The Morgan fingerprint density at radius 1 is 0.390 bits per heavy atom. The molecule has 0 radical (unpaired) electrons. The Morgan fingerprint density at radius 3 is 1.04 bits per heavy atom. The number of phenolic OH excluding ortho intramolecular Hbond substituents is 1. The summed E-state index contributed by atoms with van der Waals surface area (Å²) in [5, 5.41) is 104. The summed E-state index contributed by atoms with van der Waals surface area (Å²) in [6.45, 7) is -2.25. The first kappa shape index (κ1) is 51.9. The Morgan fingerprint density at radius 2 is 0.727 bits per heavy atom. The van der Waals surface area contributed by atoms with Gasteiger partial charge in [0.15, 0.2) is 12.6 Å². The number of pyridine rings is 2. The fourth-order valence-corrected chi connectivity index (χ4v) is 10.8. The monoisotopic (exact) mass is 1040 g/mol. The van der Waals surface area contributed by atoms with Gasteiger partial charge < -0.3 is 74.4 Å². The highest BCUT2D eigenvalue weighted by Crippen LogP contribution is 2.57. The summed E-state index contributed by atoms with van der Waals surface area (Å²) in [7, 11) is 0. The molecule has 11 rings (SSSR count). The summed E-state index contributed by atoms with van der Waals surface area (Å²) in [5.74, 6) is 0.0492. The molecule has 396 valence electrons. The molecule has 77 heavy (non-hydrogen) atoms. The maximum absolute atomic E-state index is 13.8. The highest BCUT2D eigenvalue weighted by Gasteiger charge is 2.45. The highest BCUT2D eigenvalue weighted by atomic mass is 16.7. The van der Waals surface area contributed by atoms with Crippen LogP contribution in [0, 0.1) is 0 Å². The molecule has 2 aromatic heterocycles. The van der Waals surface area contributed by atoms with Crippen LogP contribution in [0.3, 0.4) is 0 Å². The minimum Gasteiger partial charge on any atom is -0.506 e. The van der Waals surface area contributed by atoms with Gasteiger partial charge in [-0.2, -0.15) is 0 Å². The van der Waals surface area contributed by atoms with Crippen LogP contribution in [0.1, 0.15) is 0 Å². The van der Waals surface area contributed by atoms with Crippen LogP contribution >= 0.6 is 0 Å². The fourth-order valence-electron chi connectivity index (χ4n) is 10.8. The lowest BCUT2D eigenvalue weighted by atomic mass is 9.82. The number of nitrogens with zero attached hydrogens (tertiary/aromatic N) is 2. The Hall–Kier alpha value is -7.20. The van der Waals surface area contributed by atoms with Gasteiger partial charge in [0.1, 0.15) is 79.3 Å². The van der Waals surface area contributed by atoms with Gasteiger partial charge in [-0.05, 0) is 66.3 Å². The van der Waals surface area contributed by atoms with Gasteiger partial charge in [0.05, 0.1) is 37.6 Å². The van der Waals surface area contributed by atoms with E-state index in [1.165, 1.54) is 0 Å². The third-order valence-electron chi connectivity index (χ3n) is 14.4. The molecule has 2 saturated heterocycles. The largest absolute Gasteiger partial charge is 0.506 e. The SMILES string of the molecule is OC[C@@H]1O[C@@H](OCCOc2cc(OCCO[C@@H]3O[C@@H](CO)[C@H](O)[C@@H](O)[C@H]3O)c(-c3c4ccccc4c(-c4cccnc4)c4ccccc34)c(O)c2-c2c3ccccc3c(-c3cccnc3)c3ccccc23)[C@H](O)[C@H](O)[C@H]1O. The lowest BCUT2D eigenvalue weighted by Crippen LogP contribution is -2.59. The predicted octanol–water partition coefficient (Wildman–Crippen LogP) is 5.85. The average molecular weight is 1050 g/mol. The van der Waals surface area contributed by atoms with Crippen molar-refractivity contribution in [3.05, 3.63) is 152 Å². The molecule has 10 atom stereocenters. The lowest BCUT2D eigenvalue weighted by molar-refractivity contribution is -0.301. The van der Waals surface area contributed by atoms with E-state index in [2.05, 4.69) is 9.97 Å². The van der Waals surface area contributed by atoms with Crippen molar-refractivity contribution in [3.63, 3.8) is 0 Å². The number of phenols is 1. The Labute approximate surface area is 440 Å². The summed E-state index contributed by atoms with van der Waals surface area (Å²) >= 11 is 0. The Kier molecular flexibility index (Phi) is 15.1. The molecular formula is C60H56N2O15. The van der Waals surface area contributed by atoms with Crippen LogP contribution in [0.5, 0.6) is 17.2 Å². The summed E-state index contributed by atoms with van der Waals surface area (Å²) in [5.41, 5.74) is 5.39. The van der Waals surface area contributed by atoms with E-state index in [0.29, 0.717) is 11.1 Å². The van der Waals surface area contributed by atoms with Crippen LogP contribution < -0.4 is 9.47 Å². The van der Waals surface area contributed by atoms with Gasteiger partial charge in [0.2, 0.25) is 0 Å². The number of fused-ring (bicyclic) bond motifs is 4. The van der Waals surface area contributed by atoms with Crippen molar-refractivity contribution in [1.29, 1.82) is 0 Å². The second-order valence-corrected chi connectivity index (χ2v) is 19.0. The van der Waals surface area contributed by atoms with Gasteiger partial charge in [0.25, 0.3) is 0 Å². The molecule has 0 amide bonds. The second kappa shape index (κ2) is 22.4. The summed E-state index contributed by atoms with van der Waals surface area (Å²) in [6.07, 6.45) is -8.11. The molecule has 0 unspecified atom stereocenters. The van der Waals surface area contributed by atoms with Gasteiger partial charge in [-0.1, -0.05) is 109 Å². The lowest BCUT2D eigenvalue weighted by Gasteiger charge is -2.39. The van der Waals surface area contributed by atoms with E-state index < -0.39 is 74.6 Å². The van der Waals surface area contributed by atoms with Crippen LogP contribution in [-0.4, -0.2) is 157 Å². The van der Waals surface area contributed by atoms with Crippen LogP contribution in [0.25, 0.3) is 87.6 Å². The smallest absolute Gasteiger partial charge is 0.186 e. The average Bonchev–Trinajstić information content (AvgIpc) is 3.58. The number of hydrogen-bond donors (Lipinski definition) is 9. The molecule has 7 aromatic carbocycles. The molecule has 2 aliphatic heterocycles. The van der Waals surface area contributed by atoms with Crippen molar-refractivity contribution >= 4 is 43.1 Å². The zero-order chi connectivity index (χ0) is 53.3. The number of aliphatic hydroxyl groups excluding tert-OH is 8. The fraction of sp³-hybridized carbons (Fsp3) is 0.267. The first-order valence-electron chi connectivity index (χ1n) is 25.3. The van der Waals surface area contributed by atoms with Gasteiger partial charge in [-0.3, -0.25) is 9.97 Å². The van der Waals surface area contributed by atoms with E-state index in [1.54, 1.807) is 18.5 Å². The van der Waals surface area contributed by atoms with Crippen molar-refractivity contribution in [2.45, 2.75) is 61.4 Å². The zero-order valence-corrected chi connectivity index (χ0v) is 41.3. The third kappa shape index (κ3) is 9.60. The first-order chi connectivity index (χ1) is 37.6. The molecule has 0 saturated carbocycles. The number of rotatable bonds is 16. The topological polar surface area (TPSA) is 263 Å². The van der Waals surface area contributed by atoms with Crippen LogP contribution in [-0.2, 0) is 18.9 Å². The molecule has 0 bridgehead atoms. The maximum Gasteiger partial charge on any atom is 0.186 e. The van der Waals surface area contributed by atoms with Gasteiger partial charge in [-0.15, -0.1) is 0 Å². The molecule has 9 N–H and O–H groups in total. The van der Waals surface area contributed by atoms with Crippen LogP contribution in [0.15, 0.2) is 152 Å². The Balaban J connectivity index is 1.13. The molecule has 9 aromatic rings. The first-order valence-corrected chi connectivity index (χ1v) is 25.3. The standard InChI is InChI=1S/C60H56N2O15/c63-30-44-52(65)55(68)57(70)59(76-44)74-25-23-72-42-27-43(73-24-26-75-60-58(71)56(69)53(66)45(31-64)77-60)51(49-40-19-7-3-15-36(40)47(33-12-10-22-62-29-33)37-16-4-8-20-41(37)49)54(67)50(42)48-38-17-5-1-13-34(38)46(32-11-9-21-61-28-32)35-14-2-6-18-39(35)48/h1-22,27-29,44-45,52-53,55-60,63-71H,23-26,30-31H2/t44-,45-,52-,53-,55+,56+,57+,58+,59+,60+/m0/s1. The zero-order valence-electron chi connectivity index (χ0n) is 41.3. The number of aromatic nitrogens is 2. The van der Waals surface area contributed by atoms with E-state index >= 15 is 0 Å². The molecule has 17 nitrogen and oxygen atoms in total. The normalized spacial score (nSPS) is 23.7. The highest BCUT2D eigenvalue weighted by molar-refractivity contribution is 6.25. The number of aliphatic hydroxyl groups is 8. The second-order valence-electron chi connectivity index (χ2n) is 19.0. The van der Waals surface area contributed by atoms with Crippen molar-refractivity contribution in [2.75, 3.05) is 39.6 Å². The molecule has 0 spiro atoms. The summed E-state index contributed by atoms with van der Waals surface area (Å²) < 4.78 is 36.5. The van der Waals surface area contributed by atoms with E-state index in [0.717, 1.165) is 65.3 Å². The molecule has 0 aliphatic carbocycles. The quantitative estimate of drug-likeness (QED) is 0.0406. The summed E-state index contributed by atoms with van der Waals surface area (Å²) in [4.78, 5) is 8.95.